The van der Waals surface area contributed by atoms with E-state index in [4.69, 9.17) is 16.3 Å². The van der Waals surface area contributed by atoms with Crippen molar-refractivity contribution in [1.82, 2.24) is 9.55 Å². The first-order chi connectivity index (χ1) is 14.5. The largest absolute Gasteiger partial charge is 0.396 e. The zero-order chi connectivity index (χ0) is 21.1. The smallest absolute Gasteiger partial charge is 0.254 e. The molecule has 0 atom stereocenters. The van der Waals surface area contributed by atoms with Crippen molar-refractivity contribution in [3.05, 3.63) is 51.5 Å². The van der Waals surface area contributed by atoms with Gasteiger partial charge in [-0.25, -0.2) is 4.98 Å². The van der Waals surface area contributed by atoms with Crippen molar-refractivity contribution in [1.29, 1.82) is 0 Å². The number of aliphatic hydroxyl groups excluding tert-OH is 1. The number of ether oxygens (including phenoxy) is 1. The number of aromatic nitrogens is 2. The second-order valence-electron chi connectivity index (χ2n) is 8.64. The summed E-state index contributed by atoms with van der Waals surface area (Å²) in [5, 5.41) is 10.1. The zero-order valence-corrected chi connectivity index (χ0v) is 17.7. The van der Waals surface area contributed by atoms with Crippen LogP contribution in [0.5, 0.6) is 0 Å². The number of halogens is 1. The van der Waals surface area contributed by atoms with Crippen molar-refractivity contribution in [3.8, 4) is 11.3 Å². The molecule has 160 valence electrons. The number of carbonyl (C=O) groups excluding carboxylic acids is 1. The molecule has 2 aromatic rings. The lowest BCUT2D eigenvalue weighted by atomic mass is 10.00. The lowest BCUT2D eigenvalue weighted by Crippen LogP contribution is -2.29. The maximum Gasteiger partial charge on any atom is 0.254 e. The third-order valence-electron chi connectivity index (χ3n) is 6.07. The Morgan fingerprint density at radius 3 is 2.63 bits per heavy atom. The highest BCUT2D eigenvalue weighted by Crippen LogP contribution is 2.49. The van der Waals surface area contributed by atoms with Crippen LogP contribution >= 0.6 is 11.6 Å². The summed E-state index contributed by atoms with van der Waals surface area (Å²) in [6, 6.07) is 8.60. The van der Waals surface area contributed by atoms with Gasteiger partial charge in [0.25, 0.3) is 5.56 Å². The fourth-order valence-corrected chi connectivity index (χ4v) is 3.65. The lowest BCUT2D eigenvalue weighted by Gasteiger charge is -2.15. The fraction of sp³-hybridized carbons (Fsp3) is 0.522. The average Bonchev–Trinajstić information content (AvgIpc) is 3.65. The SMILES string of the molecule is O=C(CCC1(CO)CC1)Cn1c(COCC2CC2)nc(-c2ccc(Cl)cc2)cc1=O. The Hall–Kier alpha value is -2.02. The van der Waals surface area contributed by atoms with E-state index in [1.165, 1.54) is 23.5 Å². The molecule has 2 aliphatic carbocycles. The highest BCUT2D eigenvalue weighted by atomic mass is 35.5. The molecule has 2 saturated carbocycles. The summed E-state index contributed by atoms with van der Waals surface area (Å²) < 4.78 is 7.21. The Morgan fingerprint density at radius 1 is 1.27 bits per heavy atom. The van der Waals surface area contributed by atoms with Crippen molar-refractivity contribution >= 4 is 17.4 Å². The van der Waals surface area contributed by atoms with Crippen molar-refractivity contribution < 1.29 is 14.6 Å². The first-order valence-corrected chi connectivity index (χ1v) is 10.9. The van der Waals surface area contributed by atoms with Crippen LogP contribution in [-0.2, 0) is 22.7 Å². The molecule has 30 heavy (non-hydrogen) atoms. The maximum absolute atomic E-state index is 12.9. The molecule has 0 radical (unpaired) electrons. The number of aliphatic hydroxyl groups is 1. The monoisotopic (exact) mass is 430 g/mol. The Labute approximate surface area is 180 Å². The van der Waals surface area contributed by atoms with Crippen LogP contribution in [0, 0.1) is 11.3 Å². The normalized spacial score (nSPS) is 17.1. The van der Waals surface area contributed by atoms with E-state index < -0.39 is 0 Å². The van der Waals surface area contributed by atoms with E-state index in [2.05, 4.69) is 4.98 Å². The van der Waals surface area contributed by atoms with E-state index in [1.54, 1.807) is 12.1 Å². The van der Waals surface area contributed by atoms with Crippen molar-refractivity contribution in [2.75, 3.05) is 13.2 Å². The molecule has 0 amide bonds. The number of rotatable bonds is 11. The summed E-state index contributed by atoms with van der Waals surface area (Å²) in [7, 11) is 0. The minimum Gasteiger partial charge on any atom is -0.396 e. The third kappa shape index (κ3) is 5.36. The molecule has 1 heterocycles. The Balaban J connectivity index is 1.52. The molecule has 6 nitrogen and oxygen atoms in total. The number of Topliss-reactive ketones (excluding diaryl/α,β-unsaturated/α-hetero) is 1. The van der Waals surface area contributed by atoms with Gasteiger partial charge in [0.2, 0.25) is 0 Å². The number of nitrogens with zero attached hydrogens (tertiary/aromatic N) is 2. The molecular formula is C23H27ClN2O4. The van der Waals surface area contributed by atoms with Gasteiger partial charge < -0.3 is 9.84 Å². The molecule has 0 bridgehead atoms. The lowest BCUT2D eigenvalue weighted by molar-refractivity contribution is -0.120. The molecule has 0 spiro atoms. The van der Waals surface area contributed by atoms with Crippen molar-refractivity contribution in [2.45, 2.75) is 51.7 Å². The molecule has 7 heteroatoms. The predicted molar refractivity (Wildman–Crippen MR) is 114 cm³/mol. The molecule has 0 aliphatic heterocycles. The van der Waals surface area contributed by atoms with Crippen LogP contribution in [0.4, 0.5) is 0 Å². The van der Waals surface area contributed by atoms with Gasteiger partial charge in [-0.1, -0.05) is 23.7 Å². The van der Waals surface area contributed by atoms with E-state index in [1.807, 2.05) is 12.1 Å². The predicted octanol–water partition coefficient (Wildman–Crippen LogP) is 3.61. The van der Waals surface area contributed by atoms with Gasteiger partial charge in [0.15, 0.2) is 5.78 Å². The van der Waals surface area contributed by atoms with Gasteiger partial charge >= 0.3 is 0 Å². The number of ketones is 1. The second kappa shape index (κ2) is 9.00. The van der Waals surface area contributed by atoms with Gasteiger partial charge in [-0.3, -0.25) is 14.2 Å². The molecule has 2 aliphatic rings. The van der Waals surface area contributed by atoms with E-state index in [0.29, 0.717) is 41.9 Å². The molecule has 4 rings (SSSR count). The van der Waals surface area contributed by atoms with Gasteiger partial charge in [0.1, 0.15) is 12.4 Å². The van der Waals surface area contributed by atoms with E-state index >= 15 is 0 Å². The molecular weight excluding hydrogens is 404 g/mol. The van der Waals surface area contributed by atoms with Crippen LogP contribution in [0.25, 0.3) is 11.3 Å². The third-order valence-corrected chi connectivity index (χ3v) is 6.32. The van der Waals surface area contributed by atoms with Crippen LogP contribution in [-0.4, -0.2) is 33.7 Å². The van der Waals surface area contributed by atoms with Gasteiger partial charge in [0.05, 0.1) is 12.2 Å². The average molecular weight is 431 g/mol. The minimum absolute atomic E-state index is 0.0175. The number of carbonyl (C=O) groups is 1. The number of hydrogen-bond donors (Lipinski definition) is 1. The van der Waals surface area contributed by atoms with Crippen LogP contribution < -0.4 is 5.56 Å². The molecule has 1 N–H and O–H groups in total. The first-order valence-electron chi connectivity index (χ1n) is 10.5. The summed E-state index contributed by atoms with van der Waals surface area (Å²) in [5.41, 5.74) is 0.990. The van der Waals surface area contributed by atoms with E-state index in [-0.39, 0.29) is 36.5 Å². The number of hydrogen-bond acceptors (Lipinski definition) is 5. The van der Waals surface area contributed by atoms with Gasteiger partial charge in [0, 0.05) is 36.3 Å². The number of benzene rings is 1. The summed E-state index contributed by atoms with van der Waals surface area (Å²) in [5.74, 6) is 1.03. The summed E-state index contributed by atoms with van der Waals surface area (Å²) >= 11 is 5.97. The minimum atomic E-state index is -0.267. The molecule has 2 fully saturated rings. The van der Waals surface area contributed by atoms with Gasteiger partial charge in [-0.2, -0.15) is 0 Å². The summed E-state index contributed by atoms with van der Waals surface area (Å²) in [4.78, 5) is 30.1. The molecule has 1 aromatic heterocycles. The van der Waals surface area contributed by atoms with Crippen LogP contribution in [0.2, 0.25) is 5.02 Å². The zero-order valence-electron chi connectivity index (χ0n) is 17.0. The molecule has 0 saturated heterocycles. The van der Waals surface area contributed by atoms with Crippen molar-refractivity contribution in [3.63, 3.8) is 0 Å². The second-order valence-corrected chi connectivity index (χ2v) is 9.08. The van der Waals surface area contributed by atoms with Gasteiger partial charge in [-0.05, 0) is 55.6 Å². The summed E-state index contributed by atoms with van der Waals surface area (Å²) in [6.07, 6.45) is 5.31. The topological polar surface area (TPSA) is 81.4 Å². The standard InChI is InChI=1S/C23H27ClN2O4/c24-18-5-3-17(4-6-18)20-11-22(29)26(21(25-20)14-30-13-16-1-2-16)12-19(28)7-8-23(15-27)9-10-23/h3-6,11,16,27H,1-2,7-10,12-15H2. The first kappa shape index (κ1) is 21.2. The van der Waals surface area contributed by atoms with Crippen molar-refractivity contribution in [2.24, 2.45) is 11.3 Å². The highest BCUT2D eigenvalue weighted by Gasteiger charge is 2.41. The Bertz CT molecular complexity index is 962. The van der Waals surface area contributed by atoms with Gasteiger partial charge in [-0.15, -0.1) is 0 Å². The van der Waals surface area contributed by atoms with E-state index in [9.17, 15) is 14.7 Å². The van der Waals surface area contributed by atoms with Crippen LogP contribution in [0.1, 0.15) is 44.3 Å². The van der Waals surface area contributed by atoms with Crippen LogP contribution in [0.3, 0.4) is 0 Å². The highest BCUT2D eigenvalue weighted by molar-refractivity contribution is 6.30. The van der Waals surface area contributed by atoms with E-state index in [0.717, 1.165) is 18.4 Å². The Kier molecular flexibility index (Phi) is 6.37. The maximum atomic E-state index is 12.9. The quantitative estimate of drug-likeness (QED) is 0.589. The molecule has 0 unspecified atom stereocenters. The Morgan fingerprint density at radius 2 is 2.00 bits per heavy atom. The molecule has 1 aromatic carbocycles. The van der Waals surface area contributed by atoms with Crippen LogP contribution in [0.15, 0.2) is 35.1 Å². The summed E-state index contributed by atoms with van der Waals surface area (Å²) in [6.45, 7) is 0.948. The fourth-order valence-electron chi connectivity index (χ4n) is 3.53.